The van der Waals surface area contributed by atoms with Crippen LogP contribution in [0.5, 0.6) is 0 Å². The number of carbonyl (C=O) groups is 1. The Morgan fingerprint density at radius 2 is 2.45 bits per heavy atom. The number of hydrogen-bond donors (Lipinski definition) is 0. The molecule has 57 valence electrons. The van der Waals surface area contributed by atoms with Gasteiger partial charge in [-0.25, -0.2) is 5.32 Å². The topological polar surface area (TPSA) is 31.2 Å². The zero-order valence-electron chi connectivity index (χ0n) is 6.04. The molecule has 0 aromatic carbocycles. The molecule has 3 heteroatoms. The Bertz CT molecular complexity index is 279. The molecule has 1 aromatic rings. The molecular weight excluding hydrogens is 158 g/mol. The van der Waals surface area contributed by atoms with Crippen molar-refractivity contribution in [2.75, 3.05) is 6.54 Å². The van der Waals surface area contributed by atoms with E-state index in [-0.39, 0.29) is 5.91 Å². The summed E-state index contributed by atoms with van der Waals surface area (Å²) in [6.07, 6.45) is 2.03. The molecule has 1 amide bonds. The summed E-state index contributed by atoms with van der Waals surface area (Å²) in [4.78, 5) is 12.4. The molecule has 0 unspecified atom stereocenters. The van der Waals surface area contributed by atoms with Crippen molar-refractivity contribution in [3.63, 3.8) is 0 Å². The normalized spacial score (nSPS) is 16.9. The van der Waals surface area contributed by atoms with Crippen LogP contribution < -0.4 is 5.32 Å². The van der Waals surface area contributed by atoms with Crippen LogP contribution in [0.1, 0.15) is 21.7 Å². The van der Waals surface area contributed by atoms with Gasteiger partial charge in [-0.1, -0.05) is 0 Å². The molecular formula is C8H8NOS. The molecule has 1 radical (unpaired) electrons. The highest BCUT2D eigenvalue weighted by molar-refractivity contribution is 7.10. The molecule has 0 spiro atoms. The Balaban J connectivity index is 2.41. The van der Waals surface area contributed by atoms with Gasteiger partial charge in [-0.3, -0.25) is 4.79 Å². The Kier molecular flexibility index (Phi) is 1.66. The molecule has 0 N–H and O–H groups in total. The summed E-state index contributed by atoms with van der Waals surface area (Å²) in [6.45, 7) is 0.695. The van der Waals surface area contributed by atoms with Crippen molar-refractivity contribution in [1.82, 2.24) is 5.32 Å². The molecule has 0 aliphatic carbocycles. The Morgan fingerprint density at radius 3 is 3.36 bits per heavy atom. The van der Waals surface area contributed by atoms with E-state index in [1.807, 2.05) is 11.4 Å². The molecule has 0 atom stereocenters. The minimum Gasteiger partial charge on any atom is -0.267 e. The number of aryl methyl sites for hydroxylation is 1. The van der Waals surface area contributed by atoms with Crippen LogP contribution in [0.4, 0.5) is 0 Å². The number of amides is 1. The maximum Gasteiger partial charge on any atom is 0.273 e. The lowest BCUT2D eigenvalue weighted by atomic mass is 10.2. The molecule has 11 heavy (non-hydrogen) atoms. The van der Waals surface area contributed by atoms with Crippen molar-refractivity contribution in [2.24, 2.45) is 0 Å². The van der Waals surface area contributed by atoms with Crippen LogP contribution in [0, 0.1) is 0 Å². The second kappa shape index (κ2) is 2.66. The number of carbonyl (C=O) groups excluding carboxylic acids is 1. The van der Waals surface area contributed by atoms with Crippen LogP contribution in [0.25, 0.3) is 0 Å². The van der Waals surface area contributed by atoms with Gasteiger partial charge >= 0.3 is 0 Å². The van der Waals surface area contributed by atoms with Crippen LogP contribution in [-0.4, -0.2) is 12.5 Å². The van der Waals surface area contributed by atoms with Gasteiger partial charge in [0, 0.05) is 11.4 Å². The molecule has 1 aromatic heterocycles. The van der Waals surface area contributed by atoms with Gasteiger partial charge in [-0.15, -0.1) is 11.3 Å². The van der Waals surface area contributed by atoms with E-state index in [0.717, 1.165) is 18.4 Å². The summed E-state index contributed by atoms with van der Waals surface area (Å²) in [5.74, 6) is -0.0289. The van der Waals surface area contributed by atoms with Crippen LogP contribution in [-0.2, 0) is 6.42 Å². The second-order valence-electron chi connectivity index (χ2n) is 2.55. The summed E-state index contributed by atoms with van der Waals surface area (Å²) in [5, 5.41) is 5.87. The molecule has 0 fully saturated rings. The third kappa shape index (κ3) is 1.16. The van der Waals surface area contributed by atoms with E-state index in [4.69, 9.17) is 0 Å². The van der Waals surface area contributed by atoms with E-state index in [0.29, 0.717) is 6.54 Å². The van der Waals surface area contributed by atoms with Gasteiger partial charge in [-0.05, 0) is 24.3 Å². The first-order valence-corrected chi connectivity index (χ1v) is 4.54. The van der Waals surface area contributed by atoms with Crippen molar-refractivity contribution < 1.29 is 4.79 Å². The van der Waals surface area contributed by atoms with Crippen LogP contribution in [0.2, 0.25) is 0 Å². The summed E-state index contributed by atoms with van der Waals surface area (Å²) in [5.41, 5.74) is 0.826. The van der Waals surface area contributed by atoms with Crippen LogP contribution >= 0.6 is 11.3 Å². The number of thiophene rings is 1. The quantitative estimate of drug-likeness (QED) is 0.573. The highest BCUT2D eigenvalue weighted by Crippen LogP contribution is 2.20. The zero-order valence-corrected chi connectivity index (χ0v) is 6.86. The first-order chi connectivity index (χ1) is 5.38. The number of nitrogens with zero attached hydrogens (tertiary/aromatic N) is 1. The minimum absolute atomic E-state index is 0.0289. The van der Waals surface area contributed by atoms with Gasteiger partial charge in [0.15, 0.2) is 0 Å². The molecule has 0 saturated heterocycles. The number of hydrogen-bond acceptors (Lipinski definition) is 2. The Morgan fingerprint density at radius 1 is 1.55 bits per heavy atom. The predicted octanol–water partition coefficient (Wildman–Crippen LogP) is 1.44. The molecule has 2 heterocycles. The van der Waals surface area contributed by atoms with Gasteiger partial charge in [0.25, 0.3) is 5.91 Å². The molecule has 2 nitrogen and oxygen atoms in total. The largest absolute Gasteiger partial charge is 0.273 e. The fraction of sp³-hybridized carbons (Fsp3) is 0.375. The van der Waals surface area contributed by atoms with Gasteiger partial charge in [0.1, 0.15) is 0 Å². The van der Waals surface area contributed by atoms with E-state index in [9.17, 15) is 4.79 Å². The molecule has 1 aliphatic rings. The van der Waals surface area contributed by atoms with Gasteiger partial charge in [-0.2, -0.15) is 0 Å². The van der Waals surface area contributed by atoms with Crippen molar-refractivity contribution >= 4 is 17.2 Å². The third-order valence-electron chi connectivity index (χ3n) is 1.79. The van der Waals surface area contributed by atoms with Crippen LogP contribution in [0.3, 0.4) is 0 Å². The van der Waals surface area contributed by atoms with E-state index in [1.165, 1.54) is 4.88 Å². The van der Waals surface area contributed by atoms with Gasteiger partial charge < -0.3 is 0 Å². The Hall–Kier alpha value is -0.830. The van der Waals surface area contributed by atoms with Crippen molar-refractivity contribution in [2.45, 2.75) is 12.8 Å². The van der Waals surface area contributed by atoms with Crippen LogP contribution in [0.15, 0.2) is 11.4 Å². The maximum atomic E-state index is 11.2. The standard InChI is InChI=1S/C8H8NOS/c10-8-6-3-5-11-7(6)2-1-4-9-8/h3,5H,1-2,4H2. The average molecular weight is 166 g/mol. The fourth-order valence-electron chi connectivity index (χ4n) is 1.23. The predicted molar refractivity (Wildman–Crippen MR) is 44.0 cm³/mol. The first-order valence-electron chi connectivity index (χ1n) is 3.66. The lowest BCUT2D eigenvalue weighted by Gasteiger charge is -1.92. The lowest BCUT2D eigenvalue weighted by molar-refractivity contribution is 0.0952. The molecule has 0 bridgehead atoms. The van der Waals surface area contributed by atoms with Gasteiger partial charge in [0.2, 0.25) is 0 Å². The van der Waals surface area contributed by atoms with Crippen molar-refractivity contribution in [3.8, 4) is 0 Å². The third-order valence-corrected chi connectivity index (χ3v) is 2.77. The highest BCUT2D eigenvalue weighted by Gasteiger charge is 2.16. The van der Waals surface area contributed by atoms with Crippen molar-refractivity contribution in [3.05, 3.63) is 21.9 Å². The summed E-state index contributed by atoms with van der Waals surface area (Å²) >= 11 is 1.66. The maximum absolute atomic E-state index is 11.2. The van der Waals surface area contributed by atoms with E-state index in [2.05, 4.69) is 5.32 Å². The van der Waals surface area contributed by atoms with E-state index in [1.54, 1.807) is 11.3 Å². The number of fused-ring (bicyclic) bond motifs is 1. The summed E-state index contributed by atoms with van der Waals surface area (Å²) in [6, 6.07) is 1.87. The second-order valence-corrected chi connectivity index (χ2v) is 3.55. The lowest BCUT2D eigenvalue weighted by Crippen LogP contribution is -2.13. The van der Waals surface area contributed by atoms with E-state index < -0.39 is 0 Å². The number of rotatable bonds is 0. The average Bonchev–Trinajstić information content (AvgIpc) is 2.40. The molecule has 1 aliphatic heterocycles. The molecule has 0 saturated carbocycles. The monoisotopic (exact) mass is 166 g/mol. The minimum atomic E-state index is -0.0289. The SMILES string of the molecule is O=C1[N]CCCc2sccc21. The van der Waals surface area contributed by atoms with E-state index >= 15 is 0 Å². The smallest absolute Gasteiger partial charge is 0.267 e. The fourth-order valence-corrected chi connectivity index (χ4v) is 2.14. The summed E-state index contributed by atoms with van der Waals surface area (Å²) in [7, 11) is 0. The highest BCUT2D eigenvalue weighted by atomic mass is 32.1. The first kappa shape index (κ1) is 6.85. The zero-order chi connectivity index (χ0) is 7.68. The van der Waals surface area contributed by atoms with Crippen molar-refractivity contribution in [1.29, 1.82) is 0 Å². The summed E-state index contributed by atoms with van der Waals surface area (Å²) < 4.78 is 0. The molecule has 2 rings (SSSR count). The van der Waals surface area contributed by atoms with Gasteiger partial charge in [0.05, 0.1) is 5.56 Å². The Labute approximate surface area is 69.2 Å².